The summed E-state index contributed by atoms with van der Waals surface area (Å²) in [7, 11) is -3.77. The molecule has 1 aromatic carbocycles. The Kier molecular flexibility index (Phi) is 4.41. The molecular formula is C21H24N6O2S. The summed E-state index contributed by atoms with van der Waals surface area (Å²) in [5.74, 6) is 1.47. The summed E-state index contributed by atoms with van der Waals surface area (Å²) in [4.78, 5) is 4.63. The third kappa shape index (κ3) is 2.84. The van der Waals surface area contributed by atoms with Gasteiger partial charge in [0.05, 0.1) is 16.6 Å². The number of hydrogen-bond donors (Lipinski definition) is 1. The Morgan fingerprint density at radius 1 is 1.13 bits per heavy atom. The van der Waals surface area contributed by atoms with Crippen molar-refractivity contribution in [3.05, 3.63) is 54.1 Å². The molecular weight excluding hydrogens is 400 g/mol. The molecule has 9 heteroatoms. The molecule has 3 aromatic heterocycles. The van der Waals surface area contributed by atoms with Crippen LogP contribution in [0.4, 0.5) is 0 Å². The Labute approximate surface area is 174 Å². The standard InChI is InChI=1S/C21H24N6O2S/c1-3-14-10-15(22)11-17(14)20-25-24-19-12-23-21-18(27(19)20)8-9-26(21)30(28,29)16-6-4-13(2)5-7-16/h4-9,12,14-15,17H,3,10-11,22H2,1-2H3/t14-,15+,17?/m1/s1. The van der Waals surface area contributed by atoms with Crippen molar-refractivity contribution in [3.63, 3.8) is 0 Å². The van der Waals surface area contributed by atoms with Gasteiger partial charge in [-0.1, -0.05) is 31.0 Å². The second kappa shape index (κ2) is 6.88. The smallest absolute Gasteiger partial charge is 0.269 e. The van der Waals surface area contributed by atoms with E-state index in [1.807, 2.05) is 11.3 Å². The van der Waals surface area contributed by atoms with E-state index < -0.39 is 10.0 Å². The number of rotatable bonds is 4. The first-order valence-electron chi connectivity index (χ1n) is 10.2. The highest BCUT2D eigenvalue weighted by Crippen LogP contribution is 2.40. The van der Waals surface area contributed by atoms with Crippen molar-refractivity contribution in [1.29, 1.82) is 0 Å². The van der Waals surface area contributed by atoms with E-state index in [2.05, 4.69) is 22.1 Å². The van der Waals surface area contributed by atoms with Crippen molar-refractivity contribution < 1.29 is 8.42 Å². The van der Waals surface area contributed by atoms with Crippen LogP contribution in [-0.4, -0.2) is 38.0 Å². The van der Waals surface area contributed by atoms with E-state index in [-0.39, 0.29) is 16.9 Å². The van der Waals surface area contributed by atoms with E-state index >= 15 is 0 Å². The number of aromatic nitrogens is 5. The van der Waals surface area contributed by atoms with Crippen molar-refractivity contribution in [3.8, 4) is 0 Å². The fourth-order valence-corrected chi connectivity index (χ4v) is 5.94. The van der Waals surface area contributed by atoms with Gasteiger partial charge in [0.15, 0.2) is 11.3 Å². The summed E-state index contributed by atoms with van der Waals surface area (Å²) < 4.78 is 29.7. The molecule has 8 nitrogen and oxygen atoms in total. The number of fused-ring (bicyclic) bond motifs is 3. The highest BCUT2D eigenvalue weighted by atomic mass is 32.2. The number of nitrogens with two attached hydrogens (primary N) is 1. The van der Waals surface area contributed by atoms with Gasteiger partial charge in [0, 0.05) is 18.2 Å². The van der Waals surface area contributed by atoms with Crippen molar-refractivity contribution in [2.75, 3.05) is 0 Å². The van der Waals surface area contributed by atoms with Gasteiger partial charge < -0.3 is 5.73 Å². The minimum absolute atomic E-state index is 0.149. The van der Waals surface area contributed by atoms with Gasteiger partial charge in [0.25, 0.3) is 10.0 Å². The summed E-state index contributed by atoms with van der Waals surface area (Å²) in [5.41, 5.74) is 8.89. The van der Waals surface area contributed by atoms with Gasteiger partial charge in [-0.05, 0) is 43.9 Å². The van der Waals surface area contributed by atoms with Crippen LogP contribution in [-0.2, 0) is 10.0 Å². The fraction of sp³-hybridized carbons (Fsp3) is 0.381. The Morgan fingerprint density at radius 3 is 2.63 bits per heavy atom. The van der Waals surface area contributed by atoms with Crippen LogP contribution in [0.1, 0.15) is 43.5 Å². The molecule has 156 valence electrons. The van der Waals surface area contributed by atoms with Gasteiger partial charge in [0.1, 0.15) is 5.82 Å². The zero-order valence-electron chi connectivity index (χ0n) is 16.9. The van der Waals surface area contributed by atoms with E-state index in [1.54, 1.807) is 42.7 Å². The largest absolute Gasteiger partial charge is 0.328 e. The van der Waals surface area contributed by atoms with Crippen molar-refractivity contribution in [2.24, 2.45) is 11.7 Å². The van der Waals surface area contributed by atoms with Gasteiger partial charge in [-0.2, -0.15) is 0 Å². The molecule has 3 atom stereocenters. The highest BCUT2D eigenvalue weighted by Gasteiger charge is 2.36. The average Bonchev–Trinajstić information content (AvgIpc) is 3.43. The minimum atomic E-state index is -3.77. The summed E-state index contributed by atoms with van der Waals surface area (Å²) >= 11 is 0. The minimum Gasteiger partial charge on any atom is -0.328 e. The molecule has 0 spiro atoms. The lowest BCUT2D eigenvalue weighted by Crippen LogP contribution is -2.15. The Bertz CT molecular complexity index is 1340. The summed E-state index contributed by atoms with van der Waals surface area (Å²) in [5, 5.41) is 8.76. The first-order chi connectivity index (χ1) is 14.4. The molecule has 1 unspecified atom stereocenters. The summed E-state index contributed by atoms with van der Waals surface area (Å²) in [6, 6.07) is 8.72. The van der Waals surface area contributed by atoms with Gasteiger partial charge in [-0.25, -0.2) is 17.4 Å². The van der Waals surface area contributed by atoms with Crippen LogP contribution >= 0.6 is 0 Å². The number of nitrogens with zero attached hydrogens (tertiary/aromatic N) is 5. The van der Waals surface area contributed by atoms with Crippen LogP contribution in [0.25, 0.3) is 16.8 Å². The lowest BCUT2D eigenvalue weighted by molar-refractivity contribution is 0.450. The molecule has 0 radical (unpaired) electrons. The Morgan fingerprint density at radius 2 is 1.90 bits per heavy atom. The van der Waals surface area contributed by atoms with E-state index in [9.17, 15) is 8.42 Å². The Hall–Kier alpha value is -2.78. The van der Waals surface area contributed by atoms with Gasteiger partial charge in [-0.3, -0.25) is 4.40 Å². The quantitative estimate of drug-likeness (QED) is 0.540. The Balaban J connectivity index is 1.69. The first-order valence-corrected chi connectivity index (χ1v) is 11.6. The number of aryl methyl sites for hydroxylation is 1. The monoisotopic (exact) mass is 424 g/mol. The van der Waals surface area contributed by atoms with Gasteiger partial charge in [-0.15, -0.1) is 10.2 Å². The molecule has 30 heavy (non-hydrogen) atoms. The maximum Gasteiger partial charge on any atom is 0.269 e. The summed E-state index contributed by atoms with van der Waals surface area (Å²) in [6.45, 7) is 4.09. The van der Waals surface area contributed by atoms with Crippen LogP contribution in [0.5, 0.6) is 0 Å². The van der Waals surface area contributed by atoms with Gasteiger partial charge in [0.2, 0.25) is 0 Å². The predicted molar refractivity (Wildman–Crippen MR) is 114 cm³/mol. The molecule has 0 bridgehead atoms. The molecule has 1 aliphatic rings. The zero-order chi connectivity index (χ0) is 21.0. The van der Waals surface area contributed by atoms with Crippen LogP contribution in [0, 0.1) is 12.8 Å². The van der Waals surface area contributed by atoms with E-state index in [4.69, 9.17) is 5.73 Å². The third-order valence-corrected chi connectivity index (χ3v) is 7.91. The predicted octanol–water partition coefficient (Wildman–Crippen LogP) is 2.86. The van der Waals surface area contributed by atoms with Crippen LogP contribution in [0.15, 0.2) is 47.6 Å². The van der Waals surface area contributed by atoms with Crippen LogP contribution in [0.2, 0.25) is 0 Å². The maximum absolute atomic E-state index is 13.2. The topological polar surface area (TPSA) is 108 Å². The SMILES string of the molecule is CC[C@@H]1C[C@H](N)CC1c1nnc2cnc3c(ccn3S(=O)(=O)c3ccc(C)cc3)n12. The maximum atomic E-state index is 13.2. The lowest BCUT2D eigenvalue weighted by atomic mass is 9.93. The van der Waals surface area contributed by atoms with Crippen molar-refractivity contribution in [2.45, 2.75) is 50.0 Å². The molecule has 1 saturated carbocycles. The normalized spacial score (nSPS) is 22.3. The van der Waals surface area contributed by atoms with E-state index in [1.165, 1.54) is 3.97 Å². The number of hydrogen-bond acceptors (Lipinski definition) is 6. The van der Waals surface area contributed by atoms with Crippen LogP contribution < -0.4 is 5.73 Å². The average molecular weight is 425 g/mol. The molecule has 4 aromatic rings. The molecule has 1 fully saturated rings. The first kappa shape index (κ1) is 19.2. The van der Waals surface area contributed by atoms with E-state index in [0.29, 0.717) is 22.7 Å². The lowest BCUT2D eigenvalue weighted by Gasteiger charge is -2.16. The highest BCUT2D eigenvalue weighted by molar-refractivity contribution is 7.90. The van der Waals surface area contributed by atoms with Gasteiger partial charge >= 0.3 is 0 Å². The fourth-order valence-electron chi connectivity index (χ4n) is 4.65. The van der Waals surface area contributed by atoms with Crippen molar-refractivity contribution in [1.82, 2.24) is 23.6 Å². The molecule has 0 saturated heterocycles. The molecule has 0 amide bonds. The molecule has 3 heterocycles. The second-order valence-corrected chi connectivity index (χ2v) is 9.97. The zero-order valence-corrected chi connectivity index (χ0v) is 17.7. The number of benzene rings is 1. The third-order valence-electron chi connectivity index (χ3n) is 6.23. The van der Waals surface area contributed by atoms with Crippen LogP contribution in [0.3, 0.4) is 0 Å². The molecule has 2 N–H and O–H groups in total. The molecule has 1 aliphatic carbocycles. The summed E-state index contributed by atoms with van der Waals surface area (Å²) in [6.07, 6.45) is 5.96. The molecule has 5 rings (SSSR count). The second-order valence-electron chi connectivity index (χ2n) is 8.15. The molecule has 0 aliphatic heterocycles. The van der Waals surface area contributed by atoms with Crippen molar-refractivity contribution >= 4 is 26.8 Å². The van der Waals surface area contributed by atoms with E-state index in [0.717, 1.165) is 30.7 Å².